The molecular weight excluding hydrogens is 477 g/mol. The highest BCUT2D eigenvalue weighted by Gasteiger charge is 2.34. The molecule has 186 valence electrons. The summed E-state index contributed by atoms with van der Waals surface area (Å²) in [6.45, 7) is 2.05. The summed E-state index contributed by atoms with van der Waals surface area (Å²) in [5.74, 6) is -1.54. The number of nitrogens with zero attached hydrogens (tertiary/aromatic N) is 1. The molecule has 12 heteroatoms. The Morgan fingerprint density at radius 1 is 1.12 bits per heavy atom. The molecule has 0 radical (unpaired) electrons. The highest BCUT2D eigenvalue weighted by atomic mass is 32.2. The SMILES string of the molecule is CCC(C(=O)NO)c1ccccc1S(=O)(=O)N1CCC(Oc2ccc(OC(F)(F)F)cc2)CC1. The highest BCUT2D eigenvalue weighted by Crippen LogP contribution is 2.31. The summed E-state index contributed by atoms with van der Waals surface area (Å²) in [6, 6.07) is 11.2. The van der Waals surface area contributed by atoms with Gasteiger partial charge in [-0.1, -0.05) is 25.1 Å². The van der Waals surface area contributed by atoms with E-state index in [1.165, 1.54) is 22.5 Å². The first-order valence-electron chi connectivity index (χ1n) is 10.6. The lowest BCUT2D eigenvalue weighted by molar-refractivity contribution is -0.274. The number of rotatable bonds is 8. The Kier molecular flexibility index (Phi) is 8.05. The van der Waals surface area contributed by atoms with Gasteiger partial charge < -0.3 is 9.47 Å². The van der Waals surface area contributed by atoms with Gasteiger partial charge in [-0.25, -0.2) is 13.9 Å². The van der Waals surface area contributed by atoms with Crippen LogP contribution in [0.15, 0.2) is 53.4 Å². The molecule has 2 N–H and O–H groups in total. The molecule has 2 aromatic carbocycles. The minimum atomic E-state index is -4.78. The molecule has 0 aromatic heterocycles. The molecule has 1 unspecified atom stereocenters. The van der Waals surface area contributed by atoms with Crippen molar-refractivity contribution < 1.29 is 41.1 Å². The van der Waals surface area contributed by atoms with E-state index >= 15 is 0 Å². The fourth-order valence-electron chi connectivity index (χ4n) is 3.87. The van der Waals surface area contributed by atoms with Crippen LogP contribution in [0.5, 0.6) is 11.5 Å². The molecule has 1 saturated heterocycles. The van der Waals surface area contributed by atoms with E-state index < -0.39 is 28.2 Å². The van der Waals surface area contributed by atoms with Crippen molar-refractivity contribution in [2.24, 2.45) is 0 Å². The highest BCUT2D eigenvalue weighted by molar-refractivity contribution is 7.89. The van der Waals surface area contributed by atoms with Crippen molar-refractivity contribution in [1.29, 1.82) is 0 Å². The van der Waals surface area contributed by atoms with Crippen molar-refractivity contribution in [3.8, 4) is 11.5 Å². The first-order chi connectivity index (χ1) is 16.0. The molecular formula is C22H25F3N2O6S. The topological polar surface area (TPSA) is 105 Å². The van der Waals surface area contributed by atoms with Crippen LogP contribution in [0, 0.1) is 0 Å². The van der Waals surface area contributed by atoms with Crippen LogP contribution in [0.2, 0.25) is 0 Å². The number of halogens is 3. The molecule has 1 amide bonds. The molecule has 2 aromatic rings. The predicted octanol–water partition coefficient (Wildman–Crippen LogP) is 3.82. The van der Waals surface area contributed by atoms with Gasteiger partial charge in [0.25, 0.3) is 5.91 Å². The molecule has 0 saturated carbocycles. The molecule has 34 heavy (non-hydrogen) atoms. The van der Waals surface area contributed by atoms with Gasteiger partial charge in [-0.2, -0.15) is 4.31 Å². The summed E-state index contributed by atoms with van der Waals surface area (Å²) in [5, 5.41) is 9.03. The zero-order valence-electron chi connectivity index (χ0n) is 18.3. The van der Waals surface area contributed by atoms with Gasteiger partial charge in [-0.15, -0.1) is 13.2 Å². The van der Waals surface area contributed by atoms with Crippen LogP contribution in [-0.2, 0) is 14.8 Å². The molecule has 0 bridgehead atoms. The van der Waals surface area contributed by atoms with Gasteiger partial charge in [0.1, 0.15) is 17.6 Å². The maximum Gasteiger partial charge on any atom is 0.573 e. The van der Waals surface area contributed by atoms with Crippen LogP contribution in [-0.4, -0.2) is 49.4 Å². The molecule has 1 atom stereocenters. The van der Waals surface area contributed by atoms with Crippen molar-refractivity contribution in [3.05, 3.63) is 54.1 Å². The first-order valence-corrected chi connectivity index (χ1v) is 12.0. The van der Waals surface area contributed by atoms with Crippen molar-refractivity contribution in [3.63, 3.8) is 0 Å². The van der Waals surface area contributed by atoms with E-state index in [1.807, 2.05) is 0 Å². The molecule has 0 aliphatic carbocycles. The Morgan fingerprint density at radius 3 is 2.26 bits per heavy atom. The number of hydroxylamine groups is 1. The second-order valence-electron chi connectivity index (χ2n) is 7.72. The fourth-order valence-corrected chi connectivity index (χ4v) is 5.60. The largest absolute Gasteiger partial charge is 0.573 e. The predicted molar refractivity (Wildman–Crippen MR) is 115 cm³/mol. The number of ether oxygens (including phenoxy) is 2. The number of carbonyl (C=O) groups excluding carboxylic acids is 1. The number of alkyl halides is 3. The number of benzene rings is 2. The maximum absolute atomic E-state index is 13.3. The lowest BCUT2D eigenvalue weighted by Crippen LogP contribution is -2.42. The quantitative estimate of drug-likeness (QED) is 0.420. The maximum atomic E-state index is 13.3. The van der Waals surface area contributed by atoms with Crippen LogP contribution in [0.1, 0.15) is 37.7 Å². The summed E-state index contributed by atoms with van der Waals surface area (Å²) < 4.78 is 74.5. The smallest absolute Gasteiger partial charge is 0.490 e. The summed E-state index contributed by atoms with van der Waals surface area (Å²) in [5.41, 5.74) is 1.89. The van der Waals surface area contributed by atoms with Crippen LogP contribution in [0.4, 0.5) is 13.2 Å². The number of carbonyl (C=O) groups is 1. The second kappa shape index (κ2) is 10.6. The minimum absolute atomic E-state index is 0.00470. The molecule has 1 fully saturated rings. The van der Waals surface area contributed by atoms with E-state index in [0.717, 1.165) is 12.1 Å². The Bertz CT molecular complexity index is 1080. The summed E-state index contributed by atoms with van der Waals surface area (Å²) in [4.78, 5) is 12.1. The van der Waals surface area contributed by atoms with E-state index in [2.05, 4.69) is 4.74 Å². The number of nitrogens with one attached hydrogen (secondary N) is 1. The number of hydrogen-bond acceptors (Lipinski definition) is 6. The molecule has 0 spiro atoms. The van der Waals surface area contributed by atoms with Gasteiger partial charge >= 0.3 is 6.36 Å². The van der Waals surface area contributed by atoms with Crippen LogP contribution in [0.3, 0.4) is 0 Å². The molecule has 3 rings (SSSR count). The standard InChI is InChI=1S/C22H25F3N2O6S/c1-2-18(21(28)26-29)19-5-3-4-6-20(19)34(30,31)27-13-11-16(12-14-27)32-15-7-9-17(10-8-15)33-22(23,24)25/h3-10,16,18,29H,2,11-14H2,1H3,(H,26,28). The third kappa shape index (κ3) is 6.19. The number of piperidine rings is 1. The third-order valence-corrected chi connectivity index (χ3v) is 7.48. The van der Waals surface area contributed by atoms with E-state index in [9.17, 15) is 26.4 Å². The van der Waals surface area contributed by atoms with E-state index in [1.54, 1.807) is 30.6 Å². The van der Waals surface area contributed by atoms with Gasteiger partial charge in [0.05, 0.1) is 10.8 Å². The van der Waals surface area contributed by atoms with E-state index in [-0.39, 0.29) is 29.8 Å². The molecule has 8 nitrogen and oxygen atoms in total. The second-order valence-corrected chi connectivity index (χ2v) is 9.62. The number of hydrogen-bond donors (Lipinski definition) is 2. The molecule has 1 aliphatic rings. The van der Waals surface area contributed by atoms with Gasteiger partial charge in [0.2, 0.25) is 10.0 Å². The van der Waals surface area contributed by atoms with E-state index in [4.69, 9.17) is 9.94 Å². The van der Waals surface area contributed by atoms with Crippen molar-refractivity contribution in [2.75, 3.05) is 13.1 Å². The van der Waals surface area contributed by atoms with Crippen molar-refractivity contribution in [1.82, 2.24) is 9.79 Å². The van der Waals surface area contributed by atoms with E-state index in [0.29, 0.717) is 30.6 Å². The normalized spacial score (nSPS) is 16.6. The Morgan fingerprint density at radius 2 is 1.71 bits per heavy atom. The van der Waals surface area contributed by atoms with Gasteiger partial charge in [-0.3, -0.25) is 10.0 Å². The van der Waals surface area contributed by atoms with Crippen molar-refractivity contribution >= 4 is 15.9 Å². The lowest BCUT2D eigenvalue weighted by atomic mass is 9.96. The summed E-state index contributed by atoms with van der Waals surface area (Å²) in [7, 11) is -3.92. The first kappa shape index (κ1) is 25.8. The van der Waals surface area contributed by atoms with Crippen molar-refractivity contribution in [2.45, 2.75) is 49.5 Å². The summed E-state index contributed by atoms with van der Waals surface area (Å²) in [6.07, 6.45) is -4.06. The van der Waals surface area contributed by atoms with Crippen LogP contribution in [0.25, 0.3) is 0 Å². The third-order valence-electron chi connectivity index (χ3n) is 5.51. The lowest BCUT2D eigenvalue weighted by Gasteiger charge is -2.32. The zero-order valence-corrected chi connectivity index (χ0v) is 19.1. The van der Waals surface area contributed by atoms with Gasteiger partial charge in [-0.05, 0) is 55.2 Å². The van der Waals surface area contributed by atoms with Crippen LogP contribution >= 0.6 is 0 Å². The Balaban J connectivity index is 1.67. The Hall–Kier alpha value is -2.83. The monoisotopic (exact) mass is 502 g/mol. The molecule has 1 aliphatic heterocycles. The number of sulfonamides is 1. The average molecular weight is 503 g/mol. The number of amides is 1. The van der Waals surface area contributed by atoms with Gasteiger partial charge in [0, 0.05) is 13.1 Å². The average Bonchev–Trinajstić information content (AvgIpc) is 2.80. The summed E-state index contributed by atoms with van der Waals surface area (Å²) >= 11 is 0. The fraction of sp³-hybridized carbons (Fsp3) is 0.409. The van der Waals surface area contributed by atoms with Gasteiger partial charge in [0.15, 0.2) is 0 Å². The van der Waals surface area contributed by atoms with Crippen LogP contribution < -0.4 is 15.0 Å². The Labute approximate surface area is 195 Å². The zero-order chi connectivity index (χ0) is 24.9. The molecule has 1 heterocycles. The minimum Gasteiger partial charge on any atom is -0.490 e.